The molecular weight excluding hydrogens is 172 g/mol. The Hall–Kier alpha value is -0.570. The summed E-state index contributed by atoms with van der Waals surface area (Å²) in [4.78, 5) is 19.2. The molecule has 2 fully saturated rings. The van der Waals surface area contributed by atoms with Crippen LogP contribution < -0.4 is 0 Å². The zero-order chi connectivity index (χ0) is 8.98. The fraction of sp³-hybridized carbons (Fsp3) is 0.800. The van der Waals surface area contributed by atoms with E-state index < -0.39 is 30.3 Å². The lowest BCUT2D eigenvalue weighted by atomic mass is 10.1. The van der Waals surface area contributed by atoms with Crippen molar-refractivity contribution in [2.24, 2.45) is 0 Å². The van der Waals surface area contributed by atoms with Gasteiger partial charge < -0.3 is 15.3 Å². The van der Waals surface area contributed by atoms with Crippen molar-refractivity contribution in [3.05, 3.63) is 0 Å². The van der Waals surface area contributed by atoms with Crippen LogP contribution in [0.2, 0.25) is 0 Å². The summed E-state index contributed by atoms with van der Waals surface area (Å²) in [7, 11) is 0. The van der Waals surface area contributed by atoms with Gasteiger partial charge in [-0.2, -0.15) is 9.78 Å². The Morgan fingerprint density at radius 3 is 2.42 bits per heavy atom. The van der Waals surface area contributed by atoms with E-state index >= 15 is 0 Å². The molecule has 3 N–H and O–H groups in total. The molecule has 7 nitrogen and oxygen atoms in total. The molecule has 2 heterocycles. The van der Waals surface area contributed by atoms with E-state index in [1.54, 1.807) is 0 Å². The Kier molecular flexibility index (Phi) is 1.35. The number of carbonyl (C=O) groups excluding carboxylic acids is 1. The van der Waals surface area contributed by atoms with Gasteiger partial charge in [0.15, 0.2) is 0 Å². The topological polar surface area (TPSA) is 109 Å². The Bertz CT molecular complexity index is 240. The van der Waals surface area contributed by atoms with Gasteiger partial charge in [-0.3, -0.25) is 9.53 Å². The van der Waals surface area contributed by atoms with E-state index in [9.17, 15) is 4.79 Å². The Balaban J connectivity index is 2.08. The van der Waals surface area contributed by atoms with Crippen molar-refractivity contribution >= 4 is 5.78 Å². The average molecular weight is 178 g/mol. The van der Waals surface area contributed by atoms with Gasteiger partial charge in [-0.15, -0.1) is 0 Å². The average Bonchev–Trinajstić information content (AvgIpc) is 2.49. The first-order valence-corrected chi connectivity index (χ1v) is 3.18. The first-order valence-electron chi connectivity index (χ1n) is 3.18. The fourth-order valence-electron chi connectivity index (χ4n) is 0.941. The summed E-state index contributed by atoms with van der Waals surface area (Å²) in [5, 5.41) is 26.2. The number of epoxide rings is 1. The molecule has 12 heavy (non-hydrogen) atoms. The number of ether oxygens (including phenoxy) is 1. The molecule has 0 aliphatic carbocycles. The van der Waals surface area contributed by atoms with Crippen molar-refractivity contribution in [2.75, 3.05) is 6.61 Å². The Morgan fingerprint density at radius 2 is 2.17 bits per heavy atom. The third-order valence-corrected chi connectivity index (χ3v) is 1.73. The lowest BCUT2D eigenvalue weighted by Crippen LogP contribution is -2.52. The number of Topliss-reactive ketones (excluding diaryl/α,β-unsaturated/α-hetero) is 1. The summed E-state index contributed by atoms with van der Waals surface area (Å²) in [5.41, 5.74) is 0. The predicted molar refractivity (Wildman–Crippen MR) is 29.0 cm³/mol. The van der Waals surface area contributed by atoms with Crippen molar-refractivity contribution in [3.63, 3.8) is 0 Å². The summed E-state index contributed by atoms with van der Waals surface area (Å²) >= 11 is 0. The first kappa shape index (κ1) is 8.05. The molecule has 0 aromatic carbocycles. The third kappa shape index (κ3) is 0.678. The number of carbonyl (C=O) groups is 1. The van der Waals surface area contributed by atoms with E-state index in [1.165, 1.54) is 0 Å². The van der Waals surface area contributed by atoms with Crippen LogP contribution in [0.5, 0.6) is 0 Å². The molecule has 0 amide bonds. The van der Waals surface area contributed by atoms with Crippen LogP contribution in [0.4, 0.5) is 0 Å². The van der Waals surface area contributed by atoms with E-state index in [-0.39, 0.29) is 0 Å². The van der Waals surface area contributed by atoms with Gasteiger partial charge in [-0.05, 0) is 0 Å². The lowest BCUT2D eigenvalue weighted by Gasteiger charge is -2.22. The number of aliphatic hydroxyl groups is 3. The standard InChI is InChI=1S/C5H6O7/c6-1-2(7)3(8)4-5(9,10-4)12-11-4/h2,6-7,9H,1H2. The van der Waals surface area contributed by atoms with Crippen molar-refractivity contribution in [1.82, 2.24) is 0 Å². The number of hydrogen-bond acceptors (Lipinski definition) is 7. The van der Waals surface area contributed by atoms with Crippen molar-refractivity contribution in [1.29, 1.82) is 0 Å². The van der Waals surface area contributed by atoms with Crippen LogP contribution >= 0.6 is 0 Å². The highest BCUT2D eigenvalue weighted by Gasteiger charge is 2.89. The normalized spacial score (nSPS) is 45.9. The van der Waals surface area contributed by atoms with E-state index in [2.05, 4.69) is 14.5 Å². The minimum absolute atomic E-state index is 0.761. The number of fused-ring (bicyclic) bond motifs is 1. The van der Waals surface area contributed by atoms with Crippen LogP contribution in [0.1, 0.15) is 0 Å². The molecule has 0 saturated carbocycles. The van der Waals surface area contributed by atoms with Gasteiger partial charge in [-0.25, -0.2) is 0 Å². The maximum absolute atomic E-state index is 11.0. The summed E-state index contributed by atoms with van der Waals surface area (Å²) in [5.74, 6) is -4.92. The molecule has 68 valence electrons. The van der Waals surface area contributed by atoms with Gasteiger partial charge >= 0.3 is 11.8 Å². The van der Waals surface area contributed by atoms with E-state index in [0.717, 1.165) is 0 Å². The van der Waals surface area contributed by atoms with Crippen LogP contribution in [0.25, 0.3) is 0 Å². The predicted octanol–water partition coefficient (Wildman–Crippen LogP) is -2.76. The maximum atomic E-state index is 11.0. The van der Waals surface area contributed by atoms with Crippen LogP contribution in [0.15, 0.2) is 0 Å². The van der Waals surface area contributed by atoms with Crippen molar-refractivity contribution in [2.45, 2.75) is 17.9 Å². The number of rotatable bonds is 3. The van der Waals surface area contributed by atoms with Gasteiger partial charge in [0.05, 0.1) is 6.61 Å². The molecule has 0 aromatic rings. The van der Waals surface area contributed by atoms with Gasteiger partial charge in [-0.1, -0.05) is 0 Å². The Morgan fingerprint density at radius 1 is 1.50 bits per heavy atom. The monoisotopic (exact) mass is 178 g/mol. The van der Waals surface area contributed by atoms with Crippen LogP contribution in [-0.4, -0.2) is 45.6 Å². The summed E-state index contributed by atoms with van der Waals surface area (Å²) in [6.45, 7) is -0.761. The van der Waals surface area contributed by atoms with E-state index in [4.69, 9.17) is 15.3 Å². The molecule has 0 spiro atoms. The Labute approximate surface area is 66.0 Å². The number of ketones is 1. The molecule has 7 heteroatoms. The third-order valence-electron chi connectivity index (χ3n) is 1.73. The molecule has 0 aromatic heterocycles. The van der Waals surface area contributed by atoms with Crippen LogP contribution in [-0.2, 0) is 19.3 Å². The van der Waals surface area contributed by atoms with E-state index in [0.29, 0.717) is 0 Å². The zero-order valence-corrected chi connectivity index (χ0v) is 5.76. The van der Waals surface area contributed by atoms with Gasteiger partial charge in [0, 0.05) is 0 Å². The summed E-state index contributed by atoms with van der Waals surface area (Å²) < 4.78 is 4.38. The number of hydrogen-bond donors (Lipinski definition) is 3. The minimum Gasteiger partial charge on any atom is -0.393 e. The zero-order valence-electron chi connectivity index (χ0n) is 5.76. The molecule has 3 atom stereocenters. The van der Waals surface area contributed by atoms with Crippen molar-refractivity contribution < 1.29 is 34.6 Å². The highest BCUT2D eigenvalue weighted by atomic mass is 17.4. The van der Waals surface area contributed by atoms with Crippen LogP contribution in [0, 0.1) is 0 Å². The second-order valence-corrected chi connectivity index (χ2v) is 2.53. The summed E-state index contributed by atoms with van der Waals surface area (Å²) in [6.07, 6.45) is -1.64. The molecule has 0 bridgehead atoms. The summed E-state index contributed by atoms with van der Waals surface area (Å²) in [6, 6.07) is 0. The molecule has 2 aliphatic rings. The first-order chi connectivity index (χ1) is 5.56. The highest BCUT2D eigenvalue weighted by Crippen LogP contribution is 2.57. The van der Waals surface area contributed by atoms with Crippen LogP contribution in [0.3, 0.4) is 0 Å². The highest BCUT2D eigenvalue weighted by molar-refractivity contribution is 5.93. The maximum Gasteiger partial charge on any atom is 0.379 e. The minimum atomic E-state index is -2.06. The molecular formula is C5H6O7. The second kappa shape index (κ2) is 2.02. The largest absolute Gasteiger partial charge is 0.393 e. The van der Waals surface area contributed by atoms with Crippen molar-refractivity contribution in [3.8, 4) is 0 Å². The SMILES string of the molecule is O=C(C(O)CO)C12OOC1(O)O2. The number of aliphatic hydroxyl groups excluding tert-OH is 2. The smallest absolute Gasteiger partial charge is 0.379 e. The molecule has 3 unspecified atom stereocenters. The van der Waals surface area contributed by atoms with E-state index in [1.807, 2.05) is 0 Å². The fourth-order valence-corrected chi connectivity index (χ4v) is 0.941. The molecule has 2 saturated heterocycles. The van der Waals surface area contributed by atoms with Gasteiger partial charge in [0.25, 0.3) is 0 Å². The molecule has 2 rings (SSSR count). The molecule has 2 aliphatic heterocycles. The second-order valence-electron chi connectivity index (χ2n) is 2.53. The van der Waals surface area contributed by atoms with Gasteiger partial charge in [0.1, 0.15) is 6.10 Å². The lowest BCUT2D eigenvalue weighted by molar-refractivity contribution is -0.501. The quantitative estimate of drug-likeness (QED) is 0.317. The molecule has 0 radical (unpaired) electrons. The van der Waals surface area contributed by atoms with Gasteiger partial charge in [0.2, 0.25) is 5.78 Å².